The molecule has 0 atom stereocenters. The second-order valence-electron chi connectivity index (χ2n) is 5.19. The van der Waals surface area contributed by atoms with Crippen molar-refractivity contribution in [2.24, 2.45) is 5.41 Å². The van der Waals surface area contributed by atoms with E-state index in [4.69, 9.17) is 11.6 Å². The van der Waals surface area contributed by atoms with E-state index in [0.717, 1.165) is 25.7 Å². The zero-order chi connectivity index (χ0) is 13.2. The average molecular weight is 338 g/mol. The van der Waals surface area contributed by atoms with E-state index in [9.17, 15) is 8.78 Å². The van der Waals surface area contributed by atoms with Gasteiger partial charge in [-0.1, -0.05) is 19.3 Å². The van der Waals surface area contributed by atoms with Gasteiger partial charge in [0.2, 0.25) is 0 Å². The molecule has 1 aliphatic rings. The van der Waals surface area contributed by atoms with E-state index in [2.05, 4.69) is 15.9 Å². The van der Waals surface area contributed by atoms with Crippen molar-refractivity contribution in [2.45, 2.75) is 38.5 Å². The van der Waals surface area contributed by atoms with Gasteiger partial charge >= 0.3 is 0 Å². The van der Waals surface area contributed by atoms with Gasteiger partial charge in [-0.25, -0.2) is 8.78 Å². The second kappa shape index (κ2) is 5.87. The molecular weight excluding hydrogens is 322 g/mol. The molecule has 0 bridgehead atoms. The number of hydrogen-bond acceptors (Lipinski definition) is 0. The van der Waals surface area contributed by atoms with Gasteiger partial charge in [-0.15, -0.1) is 11.6 Å². The minimum Gasteiger partial charge on any atom is -0.207 e. The maximum atomic E-state index is 14.0. The van der Waals surface area contributed by atoms with Gasteiger partial charge in [-0.3, -0.25) is 0 Å². The zero-order valence-corrected chi connectivity index (χ0v) is 12.5. The third kappa shape index (κ3) is 2.88. The van der Waals surface area contributed by atoms with Crippen LogP contribution in [0.3, 0.4) is 0 Å². The normalized spacial score (nSPS) is 18.9. The van der Waals surface area contributed by atoms with E-state index >= 15 is 0 Å². The monoisotopic (exact) mass is 336 g/mol. The molecule has 0 spiro atoms. The number of benzene rings is 1. The summed E-state index contributed by atoms with van der Waals surface area (Å²) in [5.74, 6) is -0.478. The third-order valence-electron chi connectivity index (χ3n) is 3.89. The van der Waals surface area contributed by atoms with Crippen molar-refractivity contribution >= 4 is 27.5 Å². The molecule has 1 aromatic rings. The molecule has 0 N–H and O–H groups in total. The van der Waals surface area contributed by atoms with Crippen LogP contribution >= 0.6 is 27.5 Å². The number of hydrogen-bond donors (Lipinski definition) is 0. The highest BCUT2D eigenvalue weighted by Crippen LogP contribution is 2.41. The first-order valence-corrected chi connectivity index (χ1v) is 7.59. The van der Waals surface area contributed by atoms with Gasteiger partial charge < -0.3 is 0 Å². The van der Waals surface area contributed by atoms with Gasteiger partial charge in [0, 0.05) is 11.4 Å². The van der Waals surface area contributed by atoms with Gasteiger partial charge in [-0.2, -0.15) is 0 Å². The highest BCUT2D eigenvalue weighted by Gasteiger charge is 2.33. The smallest absolute Gasteiger partial charge is 0.143 e. The van der Waals surface area contributed by atoms with Gasteiger partial charge in [0.05, 0.1) is 4.47 Å². The SMILES string of the molecule is Fc1ccc(Br)c(F)c1CC1(CCl)CCCCC1. The van der Waals surface area contributed by atoms with Crippen LogP contribution in [0.1, 0.15) is 37.7 Å². The second-order valence-corrected chi connectivity index (χ2v) is 6.31. The van der Waals surface area contributed by atoms with Crippen LogP contribution in [0.25, 0.3) is 0 Å². The fraction of sp³-hybridized carbons (Fsp3) is 0.571. The molecule has 1 aliphatic carbocycles. The average Bonchev–Trinajstić information content (AvgIpc) is 2.40. The number of rotatable bonds is 3. The summed E-state index contributed by atoms with van der Waals surface area (Å²) in [6, 6.07) is 2.72. The fourth-order valence-corrected chi connectivity index (χ4v) is 3.50. The highest BCUT2D eigenvalue weighted by molar-refractivity contribution is 9.10. The zero-order valence-electron chi connectivity index (χ0n) is 10.1. The lowest BCUT2D eigenvalue weighted by molar-refractivity contribution is 0.215. The largest absolute Gasteiger partial charge is 0.207 e. The van der Waals surface area contributed by atoms with Gasteiger partial charge in [-0.05, 0) is 52.7 Å². The van der Waals surface area contributed by atoms with Crippen LogP contribution in [0.4, 0.5) is 8.78 Å². The first-order valence-electron chi connectivity index (χ1n) is 6.26. The first-order chi connectivity index (χ1) is 8.58. The van der Waals surface area contributed by atoms with Crippen molar-refractivity contribution in [3.63, 3.8) is 0 Å². The Bertz CT molecular complexity index is 428. The van der Waals surface area contributed by atoms with Crippen LogP contribution in [0, 0.1) is 17.0 Å². The molecule has 18 heavy (non-hydrogen) atoms. The Morgan fingerprint density at radius 2 is 1.83 bits per heavy atom. The van der Waals surface area contributed by atoms with E-state index in [0.29, 0.717) is 16.8 Å². The summed E-state index contributed by atoms with van der Waals surface area (Å²) in [5, 5.41) is 0. The molecule has 0 heterocycles. The van der Waals surface area contributed by atoms with E-state index < -0.39 is 11.6 Å². The maximum absolute atomic E-state index is 14.0. The molecule has 0 nitrogen and oxygen atoms in total. The molecule has 1 saturated carbocycles. The summed E-state index contributed by atoms with van der Waals surface area (Å²) in [6.45, 7) is 0. The molecule has 4 heteroatoms. The Kier molecular flexibility index (Phi) is 4.65. The molecule has 1 aromatic carbocycles. The van der Waals surface area contributed by atoms with Crippen LogP contribution in [0.15, 0.2) is 16.6 Å². The topological polar surface area (TPSA) is 0 Å². The molecule has 0 unspecified atom stereocenters. The summed E-state index contributed by atoms with van der Waals surface area (Å²) in [7, 11) is 0. The lowest BCUT2D eigenvalue weighted by Gasteiger charge is -2.36. The Morgan fingerprint density at radius 1 is 1.17 bits per heavy atom. The molecule has 2 rings (SSSR count). The highest BCUT2D eigenvalue weighted by atomic mass is 79.9. The van der Waals surface area contributed by atoms with Gasteiger partial charge in [0.25, 0.3) is 0 Å². The van der Waals surface area contributed by atoms with Gasteiger partial charge in [0.15, 0.2) is 0 Å². The first kappa shape index (κ1) is 14.3. The minimum absolute atomic E-state index is 0.137. The van der Waals surface area contributed by atoms with Crippen LogP contribution in [-0.4, -0.2) is 5.88 Å². The van der Waals surface area contributed by atoms with Crippen molar-refractivity contribution in [3.8, 4) is 0 Å². The predicted octanol–water partition coefficient (Wildman–Crippen LogP) is 5.46. The molecule has 1 fully saturated rings. The Morgan fingerprint density at radius 3 is 2.44 bits per heavy atom. The molecule has 0 aromatic heterocycles. The quantitative estimate of drug-likeness (QED) is 0.507. The third-order valence-corrected chi connectivity index (χ3v) is 5.07. The molecule has 100 valence electrons. The minimum atomic E-state index is -0.481. The predicted molar refractivity (Wildman–Crippen MR) is 74.0 cm³/mol. The van der Waals surface area contributed by atoms with Crippen molar-refractivity contribution < 1.29 is 8.78 Å². The van der Waals surface area contributed by atoms with Crippen LogP contribution in [-0.2, 0) is 6.42 Å². The molecule has 0 amide bonds. The Hall–Kier alpha value is -0.150. The van der Waals surface area contributed by atoms with Crippen molar-refractivity contribution in [2.75, 3.05) is 5.88 Å². The van der Waals surface area contributed by atoms with Crippen LogP contribution < -0.4 is 0 Å². The van der Waals surface area contributed by atoms with Crippen LogP contribution in [0.2, 0.25) is 0 Å². The molecule has 0 radical (unpaired) electrons. The van der Waals surface area contributed by atoms with E-state index in [1.54, 1.807) is 0 Å². The lowest BCUT2D eigenvalue weighted by atomic mass is 9.71. The summed E-state index contributed by atoms with van der Waals surface area (Å²) >= 11 is 9.18. The summed E-state index contributed by atoms with van der Waals surface area (Å²) in [5.41, 5.74) is 0.0365. The lowest BCUT2D eigenvalue weighted by Crippen LogP contribution is -2.29. The Labute approximate surface area is 120 Å². The van der Waals surface area contributed by atoms with Crippen LogP contribution in [0.5, 0.6) is 0 Å². The number of alkyl halides is 1. The maximum Gasteiger partial charge on any atom is 0.143 e. The molecular formula is C14H16BrClF2. The van der Waals surface area contributed by atoms with Crippen molar-refractivity contribution in [1.82, 2.24) is 0 Å². The Balaban J connectivity index is 2.29. The summed E-state index contributed by atoms with van der Waals surface area (Å²) in [6.07, 6.45) is 5.72. The number of halogens is 4. The summed E-state index contributed by atoms with van der Waals surface area (Å²) < 4.78 is 28.1. The van der Waals surface area contributed by atoms with E-state index in [1.165, 1.54) is 18.6 Å². The van der Waals surface area contributed by atoms with Crippen molar-refractivity contribution in [1.29, 1.82) is 0 Å². The van der Waals surface area contributed by atoms with E-state index in [1.807, 2.05) is 0 Å². The van der Waals surface area contributed by atoms with Gasteiger partial charge in [0.1, 0.15) is 11.6 Å². The fourth-order valence-electron chi connectivity index (χ4n) is 2.77. The molecule has 0 saturated heterocycles. The summed E-state index contributed by atoms with van der Waals surface area (Å²) in [4.78, 5) is 0. The van der Waals surface area contributed by atoms with Crippen molar-refractivity contribution in [3.05, 3.63) is 33.8 Å². The van der Waals surface area contributed by atoms with E-state index in [-0.39, 0.29) is 11.0 Å². The standard InChI is InChI=1S/C14H16BrClF2/c15-11-4-5-12(17)10(13(11)18)8-14(9-16)6-2-1-3-7-14/h4-5H,1-3,6-9H2. The molecule has 0 aliphatic heterocycles.